The summed E-state index contributed by atoms with van der Waals surface area (Å²) in [6, 6.07) is 14.5. The maximum absolute atomic E-state index is 11.5. The molecule has 2 N–H and O–H groups in total. The first-order valence-corrected chi connectivity index (χ1v) is 8.10. The van der Waals surface area contributed by atoms with E-state index in [1.165, 1.54) is 12.1 Å². The van der Waals surface area contributed by atoms with E-state index in [1.807, 2.05) is 0 Å². The zero-order valence-electron chi connectivity index (χ0n) is 14.0. The molecular formula is C16H10N2Na2O5S. The van der Waals surface area contributed by atoms with Gasteiger partial charge in [0, 0.05) is 5.75 Å². The van der Waals surface area contributed by atoms with Crippen molar-refractivity contribution < 1.29 is 82.3 Å². The molecule has 0 saturated carbocycles. The van der Waals surface area contributed by atoms with Crippen LogP contribution in [0.2, 0.25) is 0 Å². The van der Waals surface area contributed by atoms with E-state index in [0.717, 1.165) is 6.07 Å². The van der Waals surface area contributed by atoms with Crippen LogP contribution in [0.4, 0.5) is 11.4 Å². The molecule has 0 unspecified atom stereocenters. The van der Waals surface area contributed by atoms with E-state index in [2.05, 4.69) is 16.3 Å². The van der Waals surface area contributed by atoms with Crippen LogP contribution in [0.5, 0.6) is 11.5 Å². The van der Waals surface area contributed by atoms with E-state index in [-0.39, 0.29) is 75.6 Å². The fourth-order valence-electron chi connectivity index (χ4n) is 2.21. The number of phenols is 2. The Morgan fingerprint density at radius 3 is 2.27 bits per heavy atom. The van der Waals surface area contributed by atoms with Crippen LogP contribution in [-0.2, 0) is 10.1 Å². The first-order chi connectivity index (χ1) is 11.4. The van der Waals surface area contributed by atoms with Gasteiger partial charge in [-0.25, -0.2) is 8.42 Å². The van der Waals surface area contributed by atoms with Crippen LogP contribution in [0.1, 0.15) is 0 Å². The standard InChI is InChI=1S/C16H11N2O5S.2Na/c19-12-8-4-5-10-9-13(24(21,22)23)15(16(20)14(10)12)18-17-11-6-2-1-3-7-11;;/h1-3,5-9,19-20H,(H,21,22,23);;/q-1;2*+1/p-1. The summed E-state index contributed by atoms with van der Waals surface area (Å²) in [5, 5.41) is 27.8. The zero-order chi connectivity index (χ0) is 17.3. The van der Waals surface area contributed by atoms with Crippen LogP contribution < -0.4 is 59.1 Å². The third-order valence-electron chi connectivity index (χ3n) is 3.28. The molecule has 7 nitrogen and oxygen atoms in total. The van der Waals surface area contributed by atoms with Crippen molar-refractivity contribution in [3.05, 3.63) is 54.6 Å². The molecule has 0 heterocycles. The van der Waals surface area contributed by atoms with Gasteiger partial charge in [-0.15, -0.1) is 16.6 Å². The van der Waals surface area contributed by atoms with Crippen molar-refractivity contribution in [2.75, 3.05) is 0 Å². The van der Waals surface area contributed by atoms with Crippen molar-refractivity contribution in [3.63, 3.8) is 0 Å². The quantitative estimate of drug-likeness (QED) is 0.220. The fraction of sp³-hybridized carbons (Fsp3) is 0. The molecule has 0 atom stereocenters. The molecule has 0 aliphatic rings. The summed E-state index contributed by atoms with van der Waals surface area (Å²) in [6.07, 6.45) is 0. The van der Waals surface area contributed by atoms with Gasteiger partial charge in [-0.05, 0) is 17.5 Å². The van der Waals surface area contributed by atoms with Crippen LogP contribution in [0.15, 0.2) is 63.7 Å². The maximum atomic E-state index is 11.5. The Balaban J connectivity index is 0.00000169. The van der Waals surface area contributed by atoms with Gasteiger partial charge in [0.2, 0.25) is 0 Å². The molecule has 0 fully saturated rings. The number of rotatable bonds is 3. The zero-order valence-corrected chi connectivity index (χ0v) is 18.9. The van der Waals surface area contributed by atoms with Crippen molar-refractivity contribution >= 4 is 32.3 Å². The Morgan fingerprint density at radius 1 is 1.00 bits per heavy atom. The molecule has 0 amide bonds. The smallest absolute Gasteiger partial charge is 0.744 e. The largest absolute Gasteiger partial charge is 1.00 e. The summed E-state index contributed by atoms with van der Waals surface area (Å²) >= 11 is 0. The number of hydrogen-bond acceptors (Lipinski definition) is 7. The van der Waals surface area contributed by atoms with Gasteiger partial charge in [0.15, 0.2) is 0 Å². The molecule has 3 aromatic rings. The molecule has 0 aliphatic carbocycles. The van der Waals surface area contributed by atoms with Gasteiger partial charge in [-0.3, -0.25) is 0 Å². The minimum absolute atomic E-state index is 0. The van der Waals surface area contributed by atoms with Crippen LogP contribution in [0.3, 0.4) is 0 Å². The monoisotopic (exact) mass is 388 g/mol. The Bertz CT molecular complexity index is 1060. The molecule has 122 valence electrons. The van der Waals surface area contributed by atoms with Gasteiger partial charge in [-0.2, -0.15) is 17.2 Å². The Kier molecular flexibility index (Phi) is 8.25. The molecule has 3 rings (SSSR count). The van der Waals surface area contributed by atoms with E-state index in [0.29, 0.717) is 5.69 Å². The van der Waals surface area contributed by atoms with E-state index in [4.69, 9.17) is 0 Å². The van der Waals surface area contributed by atoms with Crippen molar-refractivity contribution in [2.45, 2.75) is 4.90 Å². The van der Waals surface area contributed by atoms with Gasteiger partial charge in [0.25, 0.3) is 0 Å². The Labute approximate surface area is 194 Å². The Hall–Kier alpha value is -0.970. The Morgan fingerprint density at radius 2 is 1.65 bits per heavy atom. The molecule has 3 aromatic carbocycles. The van der Waals surface area contributed by atoms with Gasteiger partial charge in [0.05, 0.1) is 10.6 Å². The number of nitrogens with zero attached hydrogens (tertiary/aromatic N) is 2. The van der Waals surface area contributed by atoms with Crippen molar-refractivity contribution in [2.24, 2.45) is 10.2 Å². The first-order valence-electron chi connectivity index (χ1n) is 6.69. The minimum Gasteiger partial charge on any atom is -0.744 e. The molecule has 0 aliphatic heterocycles. The number of phenolic OH excluding ortho intramolecular Hbond substituents is 2. The fourth-order valence-corrected chi connectivity index (χ4v) is 2.85. The van der Waals surface area contributed by atoms with E-state index in [1.54, 1.807) is 30.3 Å². The molecule has 0 aromatic heterocycles. The van der Waals surface area contributed by atoms with Gasteiger partial charge in [-0.1, -0.05) is 24.3 Å². The number of azo groups is 1. The molecule has 10 heteroatoms. The van der Waals surface area contributed by atoms with Crippen LogP contribution in [-0.4, -0.2) is 23.2 Å². The van der Waals surface area contributed by atoms with Crippen LogP contribution in [0, 0.1) is 6.07 Å². The second kappa shape index (κ2) is 9.29. The molecule has 26 heavy (non-hydrogen) atoms. The predicted octanol–water partition coefficient (Wildman–Crippen LogP) is -2.62. The van der Waals surface area contributed by atoms with E-state index >= 15 is 0 Å². The topological polar surface area (TPSA) is 122 Å². The van der Waals surface area contributed by atoms with Gasteiger partial charge < -0.3 is 14.8 Å². The van der Waals surface area contributed by atoms with Gasteiger partial charge >= 0.3 is 59.1 Å². The van der Waals surface area contributed by atoms with E-state index in [9.17, 15) is 23.2 Å². The van der Waals surface area contributed by atoms with Gasteiger partial charge in [0.1, 0.15) is 21.6 Å². The van der Waals surface area contributed by atoms with Crippen LogP contribution >= 0.6 is 0 Å². The summed E-state index contributed by atoms with van der Waals surface area (Å²) in [4.78, 5) is -0.730. The summed E-state index contributed by atoms with van der Waals surface area (Å²) < 4.78 is 34.5. The molecule has 0 saturated heterocycles. The summed E-state index contributed by atoms with van der Waals surface area (Å²) in [6.45, 7) is 0. The summed E-state index contributed by atoms with van der Waals surface area (Å²) in [5.41, 5.74) is -0.125. The third kappa shape index (κ3) is 4.85. The number of aromatic hydroxyl groups is 2. The van der Waals surface area contributed by atoms with Crippen molar-refractivity contribution in [1.29, 1.82) is 0 Å². The molecule has 0 bridgehead atoms. The summed E-state index contributed by atoms with van der Waals surface area (Å²) in [7, 11) is -4.92. The first kappa shape index (κ1) is 23.1. The maximum Gasteiger partial charge on any atom is 1.00 e. The molecular weight excluding hydrogens is 378 g/mol. The SMILES string of the molecule is O=S(=O)([O-])c1cc2c[c-]cc(O)c2c(O)c1N=Nc1ccccc1.[Na+].[Na+]. The molecule has 0 radical (unpaired) electrons. The number of hydrogen-bond donors (Lipinski definition) is 2. The number of fused-ring (bicyclic) bond motifs is 1. The minimum atomic E-state index is -4.92. The summed E-state index contributed by atoms with van der Waals surface area (Å²) in [5.74, 6) is -0.968. The average molecular weight is 388 g/mol. The van der Waals surface area contributed by atoms with E-state index < -0.39 is 26.5 Å². The third-order valence-corrected chi connectivity index (χ3v) is 4.13. The van der Waals surface area contributed by atoms with Crippen LogP contribution in [0.25, 0.3) is 10.8 Å². The average Bonchev–Trinajstić information content (AvgIpc) is 2.54. The molecule has 0 spiro atoms. The second-order valence-electron chi connectivity index (χ2n) is 4.87. The normalized spacial score (nSPS) is 11.1. The number of benzene rings is 3. The van der Waals surface area contributed by atoms with Crippen molar-refractivity contribution in [1.82, 2.24) is 0 Å². The second-order valence-corrected chi connectivity index (χ2v) is 6.21. The predicted molar refractivity (Wildman–Crippen MR) is 84.7 cm³/mol. The van der Waals surface area contributed by atoms with Crippen molar-refractivity contribution in [3.8, 4) is 11.5 Å².